The zero-order valence-corrected chi connectivity index (χ0v) is 10.5. The van der Waals surface area contributed by atoms with E-state index in [1.54, 1.807) is 0 Å². The zero-order chi connectivity index (χ0) is 12.3. The first-order valence-electron chi connectivity index (χ1n) is 6.25. The van der Waals surface area contributed by atoms with Gasteiger partial charge in [0, 0.05) is 12.7 Å². The smallest absolute Gasteiger partial charge is 0.124 e. The topological polar surface area (TPSA) is 15.6 Å². The number of likely N-dealkylation sites (N-methyl/N-ethyl adjacent to an activating group) is 1. The van der Waals surface area contributed by atoms with Crippen molar-refractivity contribution in [1.82, 2.24) is 0 Å². The van der Waals surface area contributed by atoms with Crippen molar-refractivity contribution >= 4 is 17.2 Å². The Bertz CT molecular complexity index is 687. The summed E-state index contributed by atoms with van der Waals surface area (Å²) in [5.74, 6) is 1.14. The predicted molar refractivity (Wildman–Crippen MR) is 74.8 cm³/mol. The SMILES string of the molecule is CN1C2=Nc3ccccc3[C@]2(C)c2ccccc21. The van der Waals surface area contributed by atoms with E-state index in [0.29, 0.717) is 0 Å². The lowest BCUT2D eigenvalue weighted by Gasteiger charge is -2.22. The number of amidine groups is 1. The van der Waals surface area contributed by atoms with E-state index in [0.717, 1.165) is 11.5 Å². The molecule has 88 valence electrons. The van der Waals surface area contributed by atoms with E-state index in [4.69, 9.17) is 4.99 Å². The number of rotatable bonds is 0. The Morgan fingerprint density at radius 3 is 2.44 bits per heavy atom. The van der Waals surface area contributed by atoms with E-state index in [1.165, 1.54) is 16.8 Å². The molecule has 0 bridgehead atoms. The van der Waals surface area contributed by atoms with Crippen LogP contribution in [0, 0.1) is 0 Å². The molecule has 18 heavy (non-hydrogen) atoms. The van der Waals surface area contributed by atoms with Crippen molar-refractivity contribution in [3.63, 3.8) is 0 Å². The Balaban J connectivity index is 2.09. The maximum absolute atomic E-state index is 4.82. The quantitative estimate of drug-likeness (QED) is 0.681. The molecule has 0 radical (unpaired) electrons. The number of nitrogens with zero attached hydrogens (tertiary/aromatic N) is 2. The lowest BCUT2D eigenvalue weighted by molar-refractivity contribution is 0.810. The van der Waals surface area contributed by atoms with Crippen LogP contribution in [-0.4, -0.2) is 12.9 Å². The van der Waals surface area contributed by atoms with Crippen molar-refractivity contribution in [2.24, 2.45) is 4.99 Å². The molecular formula is C16H14N2. The molecule has 0 saturated heterocycles. The van der Waals surface area contributed by atoms with Gasteiger partial charge in [-0.05, 0) is 30.2 Å². The number of aliphatic imine (C=N–C) groups is 1. The highest BCUT2D eigenvalue weighted by molar-refractivity contribution is 6.17. The van der Waals surface area contributed by atoms with Crippen molar-refractivity contribution in [3.05, 3.63) is 59.7 Å². The second kappa shape index (κ2) is 3.02. The molecule has 0 unspecified atom stereocenters. The predicted octanol–water partition coefficient (Wildman–Crippen LogP) is 3.49. The maximum atomic E-state index is 4.82. The highest BCUT2D eigenvalue weighted by atomic mass is 15.2. The molecule has 2 nitrogen and oxygen atoms in total. The Labute approximate surface area is 107 Å². The van der Waals surface area contributed by atoms with Crippen LogP contribution in [0.1, 0.15) is 18.1 Å². The van der Waals surface area contributed by atoms with Gasteiger partial charge in [-0.25, -0.2) is 4.99 Å². The van der Waals surface area contributed by atoms with Crippen molar-refractivity contribution < 1.29 is 0 Å². The lowest BCUT2D eigenvalue weighted by Crippen LogP contribution is -2.34. The monoisotopic (exact) mass is 234 g/mol. The standard InChI is InChI=1S/C16H14N2/c1-16-11-7-3-5-9-13(11)17-15(16)18(2)14-10-6-4-8-12(14)16/h3-10H,1-2H3/t16-/m1/s1. The summed E-state index contributed by atoms with van der Waals surface area (Å²) in [5.41, 5.74) is 4.97. The molecule has 2 aromatic rings. The second-order valence-electron chi connectivity index (χ2n) is 5.15. The molecule has 1 atom stereocenters. The van der Waals surface area contributed by atoms with Gasteiger partial charge in [0.25, 0.3) is 0 Å². The zero-order valence-electron chi connectivity index (χ0n) is 10.5. The first-order valence-corrected chi connectivity index (χ1v) is 6.25. The van der Waals surface area contributed by atoms with E-state index in [1.807, 2.05) is 0 Å². The van der Waals surface area contributed by atoms with Crippen LogP contribution in [0.5, 0.6) is 0 Å². The molecule has 2 aromatic carbocycles. The minimum absolute atomic E-state index is 0.0814. The van der Waals surface area contributed by atoms with Gasteiger partial charge in [0.15, 0.2) is 0 Å². The number of para-hydroxylation sites is 2. The van der Waals surface area contributed by atoms with E-state index < -0.39 is 0 Å². The highest BCUT2D eigenvalue weighted by Crippen LogP contribution is 2.52. The molecule has 0 saturated carbocycles. The van der Waals surface area contributed by atoms with Crippen LogP contribution in [0.3, 0.4) is 0 Å². The third-order valence-electron chi connectivity index (χ3n) is 4.24. The summed E-state index contributed by atoms with van der Waals surface area (Å²) in [6, 6.07) is 17.0. The third-order valence-corrected chi connectivity index (χ3v) is 4.24. The number of anilines is 1. The van der Waals surface area contributed by atoms with Crippen LogP contribution >= 0.6 is 0 Å². The number of fused-ring (bicyclic) bond motifs is 5. The summed E-state index contributed by atoms with van der Waals surface area (Å²) in [5, 5.41) is 0. The van der Waals surface area contributed by atoms with Crippen molar-refractivity contribution in [3.8, 4) is 0 Å². The van der Waals surface area contributed by atoms with Gasteiger partial charge in [0.2, 0.25) is 0 Å². The fourth-order valence-corrected chi connectivity index (χ4v) is 3.32. The van der Waals surface area contributed by atoms with Crippen LogP contribution in [0.2, 0.25) is 0 Å². The molecule has 2 heterocycles. The van der Waals surface area contributed by atoms with Crippen molar-refractivity contribution in [2.75, 3.05) is 11.9 Å². The second-order valence-corrected chi connectivity index (χ2v) is 5.15. The number of hydrogen-bond acceptors (Lipinski definition) is 2. The molecule has 2 aliphatic rings. The van der Waals surface area contributed by atoms with Gasteiger partial charge in [-0.15, -0.1) is 0 Å². The molecule has 0 spiro atoms. The summed E-state index contributed by atoms with van der Waals surface area (Å²) in [7, 11) is 2.11. The minimum atomic E-state index is -0.0814. The van der Waals surface area contributed by atoms with Crippen LogP contribution in [0.25, 0.3) is 0 Å². The lowest BCUT2D eigenvalue weighted by atomic mass is 9.78. The van der Waals surface area contributed by atoms with E-state index in [9.17, 15) is 0 Å². The van der Waals surface area contributed by atoms with Crippen molar-refractivity contribution in [1.29, 1.82) is 0 Å². The van der Waals surface area contributed by atoms with Gasteiger partial charge in [-0.2, -0.15) is 0 Å². The third kappa shape index (κ3) is 0.931. The van der Waals surface area contributed by atoms with Crippen molar-refractivity contribution in [2.45, 2.75) is 12.3 Å². The molecular weight excluding hydrogens is 220 g/mol. The van der Waals surface area contributed by atoms with Crippen LogP contribution in [-0.2, 0) is 5.41 Å². The average Bonchev–Trinajstić information content (AvgIpc) is 2.83. The largest absolute Gasteiger partial charge is 0.332 e. The van der Waals surface area contributed by atoms with Gasteiger partial charge in [-0.3, -0.25) is 0 Å². The molecule has 2 aliphatic heterocycles. The summed E-state index contributed by atoms with van der Waals surface area (Å²) in [6.07, 6.45) is 0. The average molecular weight is 234 g/mol. The molecule has 0 fully saturated rings. The molecule has 2 heteroatoms. The molecule has 0 N–H and O–H groups in total. The fourth-order valence-electron chi connectivity index (χ4n) is 3.32. The van der Waals surface area contributed by atoms with Gasteiger partial charge in [-0.1, -0.05) is 36.4 Å². The normalized spacial score (nSPS) is 23.4. The van der Waals surface area contributed by atoms with E-state index in [2.05, 4.69) is 67.4 Å². The Morgan fingerprint density at radius 1 is 0.944 bits per heavy atom. The van der Waals surface area contributed by atoms with E-state index >= 15 is 0 Å². The first-order chi connectivity index (χ1) is 8.73. The summed E-state index contributed by atoms with van der Waals surface area (Å²) in [4.78, 5) is 7.04. The Hall–Kier alpha value is -2.09. The number of benzene rings is 2. The fraction of sp³-hybridized carbons (Fsp3) is 0.188. The first kappa shape index (κ1) is 9.89. The summed E-state index contributed by atoms with van der Waals surface area (Å²) in [6.45, 7) is 2.28. The van der Waals surface area contributed by atoms with Crippen LogP contribution in [0.4, 0.5) is 11.4 Å². The summed E-state index contributed by atoms with van der Waals surface area (Å²) >= 11 is 0. The summed E-state index contributed by atoms with van der Waals surface area (Å²) < 4.78 is 0. The van der Waals surface area contributed by atoms with Crippen LogP contribution in [0.15, 0.2) is 53.5 Å². The molecule has 0 amide bonds. The van der Waals surface area contributed by atoms with E-state index in [-0.39, 0.29) is 5.41 Å². The molecule has 0 aliphatic carbocycles. The highest BCUT2D eigenvalue weighted by Gasteiger charge is 2.49. The Morgan fingerprint density at radius 2 is 1.61 bits per heavy atom. The van der Waals surface area contributed by atoms with Gasteiger partial charge in [0.05, 0.1) is 11.1 Å². The van der Waals surface area contributed by atoms with Gasteiger partial charge in [0.1, 0.15) is 5.84 Å². The number of hydrogen-bond donors (Lipinski definition) is 0. The van der Waals surface area contributed by atoms with Crippen LogP contribution < -0.4 is 4.90 Å². The van der Waals surface area contributed by atoms with Gasteiger partial charge >= 0.3 is 0 Å². The van der Waals surface area contributed by atoms with Gasteiger partial charge < -0.3 is 4.90 Å². The minimum Gasteiger partial charge on any atom is -0.332 e. The Kier molecular flexibility index (Phi) is 1.66. The molecule has 0 aromatic heterocycles. The maximum Gasteiger partial charge on any atom is 0.124 e. The molecule has 4 rings (SSSR count).